The molecule has 82 valence electrons. The van der Waals surface area contributed by atoms with Crippen molar-refractivity contribution in [1.29, 1.82) is 0 Å². The van der Waals surface area contributed by atoms with Gasteiger partial charge in [-0.1, -0.05) is 0 Å². The Balaban J connectivity index is 4.01. The maximum atomic E-state index is 11.0. The van der Waals surface area contributed by atoms with Gasteiger partial charge in [0.25, 0.3) is 0 Å². The van der Waals surface area contributed by atoms with E-state index in [2.05, 4.69) is 4.89 Å². The van der Waals surface area contributed by atoms with Crippen molar-refractivity contribution in [3.05, 3.63) is 0 Å². The maximum absolute atomic E-state index is 11.0. The van der Waals surface area contributed by atoms with Crippen molar-refractivity contribution in [3.8, 4) is 0 Å². The summed E-state index contributed by atoms with van der Waals surface area (Å²) >= 11 is 0. The van der Waals surface area contributed by atoms with Crippen LogP contribution in [0.2, 0.25) is 0 Å². The molecule has 0 saturated heterocycles. The lowest BCUT2D eigenvalue weighted by atomic mass is 10.2. The monoisotopic (exact) mass is 206 g/mol. The minimum atomic E-state index is -1.70. The quantitative estimate of drug-likeness (QED) is 0.386. The average molecular weight is 206 g/mol. The van der Waals surface area contributed by atoms with Crippen LogP contribution in [0.4, 0.5) is 0 Å². The highest BCUT2D eigenvalue weighted by Crippen LogP contribution is 2.09. The van der Waals surface area contributed by atoms with E-state index >= 15 is 0 Å². The summed E-state index contributed by atoms with van der Waals surface area (Å²) in [5.74, 6) is -2.02. The standard InChI is InChI=1S/C8H14O6/c1-8(2,3)13-6(10)4-5(9)7(11)14-12/h5,9,12H,4H2,1-3H3. The average Bonchev–Trinajstić information content (AvgIpc) is 1.99. The third-order valence-corrected chi connectivity index (χ3v) is 1.14. The number of ether oxygens (including phenoxy) is 1. The zero-order chi connectivity index (χ0) is 11.4. The summed E-state index contributed by atoms with van der Waals surface area (Å²) in [5.41, 5.74) is -0.681. The van der Waals surface area contributed by atoms with Crippen LogP contribution in [0, 0.1) is 0 Å². The van der Waals surface area contributed by atoms with Gasteiger partial charge in [-0.3, -0.25) is 9.68 Å². The van der Waals surface area contributed by atoms with E-state index in [0.29, 0.717) is 0 Å². The maximum Gasteiger partial charge on any atom is 0.370 e. The van der Waals surface area contributed by atoms with Gasteiger partial charge in [0.2, 0.25) is 0 Å². The van der Waals surface area contributed by atoms with Gasteiger partial charge < -0.3 is 9.84 Å². The summed E-state index contributed by atoms with van der Waals surface area (Å²) in [6.07, 6.45) is -2.24. The topological polar surface area (TPSA) is 93.1 Å². The molecule has 6 nitrogen and oxygen atoms in total. The Labute approximate surface area is 81.4 Å². The third-order valence-electron chi connectivity index (χ3n) is 1.14. The second-order valence-corrected chi connectivity index (χ2v) is 3.72. The lowest BCUT2D eigenvalue weighted by Gasteiger charge is -2.19. The number of esters is 1. The van der Waals surface area contributed by atoms with Crippen LogP contribution in [0.5, 0.6) is 0 Å². The van der Waals surface area contributed by atoms with E-state index in [-0.39, 0.29) is 0 Å². The molecule has 0 saturated carbocycles. The van der Waals surface area contributed by atoms with Crippen molar-refractivity contribution in [2.45, 2.75) is 38.9 Å². The smallest absolute Gasteiger partial charge is 0.370 e. The molecule has 1 atom stereocenters. The summed E-state index contributed by atoms with van der Waals surface area (Å²) in [7, 11) is 0. The van der Waals surface area contributed by atoms with Crippen LogP contribution in [-0.4, -0.2) is 34.0 Å². The molecule has 1 unspecified atom stereocenters. The Bertz CT molecular complexity index is 216. The molecule has 0 aromatic heterocycles. The van der Waals surface area contributed by atoms with Crippen molar-refractivity contribution in [2.24, 2.45) is 0 Å². The van der Waals surface area contributed by atoms with E-state index in [1.807, 2.05) is 0 Å². The molecule has 14 heavy (non-hydrogen) atoms. The molecular formula is C8H14O6. The molecule has 0 bridgehead atoms. The molecule has 0 spiro atoms. The summed E-state index contributed by atoms with van der Waals surface area (Å²) in [6, 6.07) is 0. The summed E-state index contributed by atoms with van der Waals surface area (Å²) < 4.78 is 4.81. The molecule has 0 heterocycles. The Morgan fingerprint density at radius 3 is 2.21 bits per heavy atom. The molecule has 0 aliphatic heterocycles. The SMILES string of the molecule is CC(C)(C)OC(=O)CC(O)C(=O)OO. The fourth-order valence-electron chi connectivity index (χ4n) is 0.685. The minimum absolute atomic E-state index is 0.545. The second kappa shape index (κ2) is 4.92. The van der Waals surface area contributed by atoms with Crippen molar-refractivity contribution in [2.75, 3.05) is 0 Å². The van der Waals surface area contributed by atoms with Gasteiger partial charge in [0.15, 0.2) is 6.10 Å². The molecule has 0 amide bonds. The van der Waals surface area contributed by atoms with E-state index in [9.17, 15) is 9.59 Å². The van der Waals surface area contributed by atoms with E-state index in [4.69, 9.17) is 15.1 Å². The van der Waals surface area contributed by atoms with Gasteiger partial charge in [0.1, 0.15) is 5.60 Å². The molecule has 0 rings (SSSR count). The first-order valence-electron chi connectivity index (χ1n) is 4.01. The number of hydrogen-bond acceptors (Lipinski definition) is 6. The van der Waals surface area contributed by atoms with Crippen molar-refractivity contribution >= 4 is 11.9 Å². The largest absolute Gasteiger partial charge is 0.460 e. The van der Waals surface area contributed by atoms with Crippen LogP contribution in [0.1, 0.15) is 27.2 Å². The van der Waals surface area contributed by atoms with Gasteiger partial charge in [-0.15, -0.1) is 0 Å². The van der Waals surface area contributed by atoms with Crippen LogP contribution >= 0.6 is 0 Å². The molecule has 0 aromatic carbocycles. The van der Waals surface area contributed by atoms with Gasteiger partial charge in [0.05, 0.1) is 6.42 Å². The van der Waals surface area contributed by atoms with Gasteiger partial charge in [0, 0.05) is 0 Å². The lowest BCUT2D eigenvalue weighted by molar-refractivity contribution is -0.243. The molecular weight excluding hydrogens is 192 g/mol. The van der Waals surface area contributed by atoms with E-state index in [1.54, 1.807) is 20.8 Å². The lowest BCUT2D eigenvalue weighted by Crippen LogP contribution is -2.30. The summed E-state index contributed by atoms with van der Waals surface area (Å²) in [6.45, 7) is 4.96. The van der Waals surface area contributed by atoms with Gasteiger partial charge in [-0.2, -0.15) is 5.26 Å². The van der Waals surface area contributed by atoms with Crippen LogP contribution in [0.25, 0.3) is 0 Å². The molecule has 0 aliphatic rings. The third kappa shape index (κ3) is 5.50. The number of carbonyl (C=O) groups excluding carboxylic acids is 2. The Morgan fingerprint density at radius 2 is 1.86 bits per heavy atom. The van der Waals surface area contributed by atoms with Crippen molar-refractivity contribution < 1.29 is 29.6 Å². The first kappa shape index (κ1) is 12.9. The second-order valence-electron chi connectivity index (χ2n) is 3.72. The van der Waals surface area contributed by atoms with Crippen molar-refractivity contribution in [3.63, 3.8) is 0 Å². The van der Waals surface area contributed by atoms with E-state index in [1.165, 1.54) is 0 Å². The van der Waals surface area contributed by atoms with Crippen LogP contribution in [-0.2, 0) is 19.2 Å². The zero-order valence-electron chi connectivity index (χ0n) is 8.31. The van der Waals surface area contributed by atoms with Gasteiger partial charge >= 0.3 is 11.9 Å². The molecule has 0 fully saturated rings. The fraction of sp³-hybridized carbons (Fsp3) is 0.750. The predicted octanol–water partition coefficient (Wildman–Crippen LogP) is 0.0953. The van der Waals surface area contributed by atoms with Crippen LogP contribution < -0.4 is 0 Å². The predicted molar refractivity (Wildman–Crippen MR) is 45.2 cm³/mol. The highest BCUT2D eigenvalue weighted by molar-refractivity contribution is 5.81. The molecule has 2 N–H and O–H groups in total. The van der Waals surface area contributed by atoms with Crippen LogP contribution in [0.3, 0.4) is 0 Å². The number of rotatable bonds is 3. The van der Waals surface area contributed by atoms with Crippen molar-refractivity contribution in [1.82, 2.24) is 0 Å². The van der Waals surface area contributed by atoms with Gasteiger partial charge in [-0.25, -0.2) is 4.79 Å². The number of aliphatic hydroxyl groups excluding tert-OH is 1. The molecule has 6 heteroatoms. The fourth-order valence-corrected chi connectivity index (χ4v) is 0.685. The molecule has 0 aromatic rings. The number of aliphatic hydroxyl groups is 1. The Kier molecular flexibility index (Phi) is 4.52. The first-order chi connectivity index (χ1) is 6.26. The van der Waals surface area contributed by atoms with E-state index < -0.39 is 30.1 Å². The van der Waals surface area contributed by atoms with Gasteiger partial charge in [-0.05, 0) is 20.8 Å². The van der Waals surface area contributed by atoms with Crippen LogP contribution in [0.15, 0.2) is 0 Å². The number of hydrogen-bond donors (Lipinski definition) is 2. The minimum Gasteiger partial charge on any atom is -0.460 e. The highest BCUT2D eigenvalue weighted by Gasteiger charge is 2.24. The normalized spacial score (nSPS) is 13.2. The first-order valence-corrected chi connectivity index (χ1v) is 4.01. The molecule has 0 aliphatic carbocycles. The molecule has 0 radical (unpaired) electrons. The summed E-state index contributed by atoms with van der Waals surface area (Å²) in [5, 5.41) is 16.8. The summed E-state index contributed by atoms with van der Waals surface area (Å²) in [4.78, 5) is 24.7. The highest BCUT2D eigenvalue weighted by atomic mass is 17.1. The number of carbonyl (C=O) groups is 2. The van der Waals surface area contributed by atoms with E-state index in [0.717, 1.165) is 0 Å². The Hall–Kier alpha value is -1.14. The Morgan fingerprint density at radius 1 is 1.36 bits per heavy atom. The zero-order valence-corrected chi connectivity index (χ0v) is 8.31.